The van der Waals surface area contributed by atoms with Crippen LogP contribution in [0, 0.1) is 24.2 Å². The molecule has 2 atom stereocenters. The fourth-order valence-electron chi connectivity index (χ4n) is 6.84. The normalized spacial score (nSPS) is 22.2. The Balaban J connectivity index is 1.35. The number of piperazine rings is 1. The highest BCUT2D eigenvalue weighted by molar-refractivity contribution is 5.97. The predicted molar refractivity (Wildman–Crippen MR) is 166 cm³/mol. The summed E-state index contributed by atoms with van der Waals surface area (Å²) < 4.78 is 20.1. The van der Waals surface area contributed by atoms with Crippen molar-refractivity contribution in [2.75, 3.05) is 62.7 Å². The Morgan fingerprint density at radius 3 is 2.70 bits per heavy atom. The molecule has 0 unspecified atom stereocenters. The van der Waals surface area contributed by atoms with E-state index in [2.05, 4.69) is 66.7 Å². The zero-order valence-electron chi connectivity index (χ0n) is 25.3. The third-order valence-corrected chi connectivity index (χ3v) is 9.07. The van der Waals surface area contributed by atoms with Gasteiger partial charge in [-0.25, -0.2) is 4.39 Å². The number of ether oxygens (including phenoxy) is 1. The van der Waals surface area contributed by atoms with Crippen LogP contribution in [0.3, 0.4) is 0 Å². The van der Waals surface area contributed by atoms with Crippen molar-refractivity contribution in [2.45, 2.75) is 38.5 Å². The lowest BCUT2D eigenvalue weighted by Crippen LogP contribution is -2.64. The number of aryl methyl sites for hydroxylation is 1. The molecule has 0 saturated carbocycles. The van der Waals surface area contributed by atoms with E-state index in [4.69, 9.17) is 14.7 Å². The second kappa shape index (κ2) is 12.0. The van der Waals surface area contributed by atoms with Crippen LogP contribution in [0.4, 0.5) is 15.9 Å². The van der Waals surface area contributed by atoms with Gasteiger partial charge in [0.25, 0.3) is 5.91 Å². The number of amides is 1. The van der Waals surface area contributed by atoms with Gasteiger partial charge in [0.1, 0.15) is 5.82 Å². The van der Waals surface area contributed by atoms with Crippen molar-refractivity contribution in [3.8, 4) is 12.1 Å². The number of likely N-dealkylation sites (tertiary alicyclic amines) is 1. The van der Waals surface area contributed by atoms with Crippen LogP contribution < -0.4 is 14.5 Å². The van der Waals surface area contributed by atoms with E-state index in [0.717, 1.165) is 47.9 Å². The highest BCUT2D eigenvalue weighted by Crippen LogP contribution is 2.37. The zero-order valence-corrected chi connectivity index (χ0v) is 25.3. The van der Waals surface area contributed by atoms with Crippen LogP contribution in [0.15, 0.2) is 48.8 Å². The average Bonchev–Trinajstić information content (AvgIpc) is 3.43. The molecule has 230 valence electrons. The Bertz CT molecular complexity index is 1640. The number of halogens is 1. The number of β-amino-alcohol motifs (C(OH)–C–C–N with tert-alkyl or cyclic N) is 1. The molecule has 11 heteroatoms. The standard InChI is InChI=1S/C33H38FN7O3/c1-22-6-4-7-25-8-5-9-28(29(22)25)39-15-11-26-27(19-39)36-32(44-20-24-10-14-38(3)18-24)37-30(26)40-16-17-41(31(42)23(2)34)33(43,21-40)12-13-35/h4-9,24,43H,2,10-12,14-21H2,1,3H3/t24-,33+/m1/s1. The number of benzene rings is 2. The fraction of sp³-hybridized carbons (Fsp3) is 0.455. The maximum atomic E-state index is 13.9. The van der Waals surface area contributed by atoms with E-state index in [1.54, 1.807) is 0 Å². The van der Waals surface area contributed by atoms with Crippen molar-refractivity contribution < 1.29 is 19.0 Å². The van der Waals surface area contributed by atoms with Crippen LogP contribution in [0.1, 0.15) is 29.7 Å². The van der Waals surface area contributed by atoms with E-state index >= 15 is 0 Å². The number of rotatable bonds is 7. The van der Waals surface area contributed by atoms with Crippen LogP contribution in [-0.2, 0) is 17.8 Å². The zero-order chi connectivity index (χ0) is 31.0. The van der Waals surface area contributed by atoms with E-state index in [9.17, 15) is 19.6 Å². The Hall–Kier alpha value is -4.27. The number of hydrogen-bond acceptors (Lipinski definition) is 9. The summed E-state index contributed by atoms with van der Waals surface area (Å²) in [6, 6.07) is 14.9. The molecule has 3 aliphatic heterocycles. The summed E-state index contributed by atoms with van der Waals surface area (Å²) in [7, 11) is 2.10. The first-order valence-electron chi connectivity index (χ1n) is 15.1. The molecule has 2 aromatic carbocycles. The van der Waals surface area contributed by atoms with Crippen LogP contribution in [-0.4, -0.2) is 89.4 Å². The van der Waals surface area contributed by atoms with Gasteiger partial charge in [-0.3, -0.25) is 4.79 Å². The Morgan fingerprint density at radius 1 is 1.18 bits per heavy atom. The van der Waals surface area contributed by atoms with Crippen molar-refractivity contribution in [1.82, 2.24) is 19.8 Å². The molecule has 1 N–H and O–H groups in total. The first-order chi connectivity index (χ1) is 21.2. The molecule has 3 aromatic rings. The molecule has 44 heavy (non-hydrogen) atoms. The smallest absolute Gasteiger partial charge is 0.318 e. The third-order valence-electron chi connectivity index (χ3n) is 9.07. The van der Waals surface area contributed by atoms with Gasteiger partial charge in [0, 0.05) is 48.7 Å². The van der Waals surface area contributed by atoms with Crippen LogP contribution in [0.25, 0.3) is 10.8 Å². The van der Waals surface area contributed by atoms with Crippen molar-refractivity contribution in [2.24, 2.45) is 5.92 Å². The summed E-state index contributed by atoms with van der Waals surface area (Å²) in [5.74, 6) is -1.20. The maximum Gasteiger partial charge on any atom is 0.318 e. The number of aromatic nitrogens is 2. The monoisotopic (exact) mass is 599 g/mol. The number of fused-ring (bicyclic) bond motifs is 2. The summed E-state index contributed by atoms with van der Waals surface area (Å²) >= 11 is 0. The molecule has 2 saturated heterocycles. The molecule has 0 bridgehead atoms. The molecule has 0 spiro atoms. The molecule has 3 aliphatic rings. The highest BCUT2D eigenvalue weighted by Gasteiger charge is 2.45. The minimum atomic E-state index is -1.91. The minimum absolute atomic E-state index is 0.00470. The maximum absolute atomic E-state index is 13.9. The number of anilines is 2. The van der Waals surface area contributed by atoms with E-state index in [1.165, 1.54) is 16.3 Å². The van der Waals surface area contributed by atoms with Gasteiger partial charge < -0.3 is 29.4 Å². The van der Waals surface area contributed by atoms with Gasteiger partial charge in [-0.05, 0) is 50.4 Å². The SMILES string of the molecule is C=C(F)C(=O)N1CCN(c2nc(OC[C@@H]3CCN(C)C3)nc3c2CCN(c2cccc4cccc(C)c24)C3)C[C@@]1(O)CC#N. The lowest BCUT2D eigenvalue weighted by atomic mass is 9.99. The van der Waals surface area contributed by atoms with E-state index in [1.807, 2.05) is 11.0 Å². The number of carbonyl (C=O) groups is 1. The topological polar surface area (TPSA) is 109 Å². The molecule has 1 amide bonds. The molecule has 10 nitrogen and oxygen atoms in total. The van der Waals surface area contributed by atoms with Gasteiger partial charge in [-0.2, -0.15) is 15.2 Å². The summed E-state index contributed by atoms with van der Waals surface area (Å²) in [5, 5.41) is 23.4. The van der Waals surface area contributed by atoms with Crippen molar-refractivity contribution in [3.63, 3.8) is 0 Å². The van der Waals surface area contributed by atoms with E-state index in [-0.39, 0.29) is 32.1 Å². The average molecular weight is 600 g/mol. The largest absolute Gasteiger partial charge is 0.463 e. The summed E-state index contributed by atoms with van der Waals surface area (Å²) in [6.07, 6.45) is 1.31. The second-order valence-electron chi connectivity index (χ2n) is 12.2. The lowest BCUT2D eigenvalue weighted by Gasteiger charge is -2.47. The van der Waals surface area contributed by atoms with Crippen molar-refractivity contribution in [3.05, 3.63) is 65.6 Å². The molecule has 4 heterocycles. The molecule has 0 aliphatic carbocycles. The van der Waals surface area contributed by atoms with Gasteiger partial charge in [-0.1, -0.05) is 36.9 Å². The van der Waals surface area contributed by atoms with Crippen LogP contribution in [0.5, 0.6) is 6.01 Å². The van der Waals surface area contributed by atoms with E-state index in [0.29, 0.717) is 31.3 Å². The van der Waals surface area contributed by atoms with Crippen LogP contribution in [0.2, 0.25) is 0 Å². The molecule has 1 aromatic heterocycles. The van der Waals surface area contributed by atoms with Gasteiger partial charge in [0.05, 0.1) is 37.9 Å². The predicted octanol–water partition coefficient (Wildman–Crippen LogP) is 3.57. The number of nitriles is 1. The first kappa shape index (κ1) is 29.8. The highest BCUT2D eigenvalue weighted by atomic mass is 19.1. The van der Waals surface area contributed by atoms with Gasteiger partial charge in [0.2, 0.25) is 0 Å². The number of hydrogen-bond donors (Lipinski definition) is 1. The van der Waals surface area contributed by atoms with Crippen LogP contribution >= 0.6 is 0 Å². The lowest BCUT2D eigenvalue weighted by molar-refractivity contribution is -0.158. The Morgan fingerprint density at radius 2 is 1.98 bits per heavy atom. The second-order valence-corrected chi connectivity index (χ2v) is 12.2. The molecule has 6 rings (SSSR count). The Kier molecular flexibility index (Phi) is 8.14. The van der Waals surface area contributed by atoms with Gasteiger partial charge >= 0.3 is 6.01 Å². The quantitative estimate of drug-likeness (QED) is 0.408. The third kappa shape index (κ3) is 5.67. The van der Waals surface area contributed by atoms with E-state index < -0.39 is 17.5 Å². The summed E-state index contributed by atoms with van der Waals surface area (Å²) in [5.41, 5.74) is 2.22. The summed E-state index contributed by atoms with van der Waals surface area (Å²) in [4.78, 5) is 29.8. The molecule has 0 radical (unpaired) electrons. The number of aliphatic hydroxyl groups is 1. The Labute approximate surface area is 257 Å². The summed E-state index contributed by atoms with van der Waals surface area (Å²) in [6.45, 7) is 9.16. The van der Waals surface area contributed by atoms with Crippen molar-refractivity contribution >= 4 is 28.2 Å². The molecule has 2 fully saturated rings. The first-order valence-corrected chi connectivity index (χ1v) is 15.1. The number of carbonyl (C=O) groups excluding carboxylic acids is 1. The minimum Gasteiger partial charge on any atom is -0.463 e. The van der Waals surface area contributed by atoms with Gasteiger partial charge in [-0.15, -0.1) is 0 Å². The van der Waals surface area contributed by atoms with Crippen molar-refractivity contribution in [1.29, 1.82) is 5.26 Å². The molecular weight excluding hydrogens is 561 g/mol. The van der Waals surface area contributed by atoms with Gasteiger partial charge in [0.15, 0.2) is 11.6 Å². The number of nitrogens with zero attached hydrogens (tertiary/aromatic N) is 7. The fourth-order valence-corrected chi connectivity index (χ4v) is 6.84. The molecular formula is C33H38FN7O3.